The summed E-state index contributed by atoms with van der Waals surface area (Å²) < 4.78 is 5.43. The molecule has 4 nitrogen and oxygen atoms in total. The Balaban J connectivity index is 1.95. The molecule has 0 fully saturated rings. The van der Waals surface area contributed by atoms with Gasteiger partial charge in [-0.05, 0) is 31.4 Å². The smallest absolute Gasteiger partial charge is 0.258 e. The van der Waals surface area contributed by atoms with E-state index >= 15 is 0 Å². The van der Waals surface area contributed by atoms with E-state index in [1.54, 1.807) is 0 Å². The molecule has 0 bridgehead atoms. The fourth-order valence-electron chi connectivity index (χ4n) is 2.43. The summed E-state index contributed by atoms with van der Waals surface area (Å²) in [5, 5.41) is 4.08. The normalized spacial score (nSPS) is 11.1. The van der Waals surface area contributed by atoms with Crippen molar-refractivity contribution in [3.63, 3.8) is 0 Å². The Morgan fingerprint density at radius 3 is 2.50 bits per heavy atom. The highest BCUT2D eigenvalue weighted by molar-refractivity contribution is 5.60. The summed E-state index contributed by atoms with van der Waals surface area (Å²) in [7, 11) is 0. The van der Waals surface area contributed by atoms with Gasteiger partial charge in [0.2, 0.25) is 5.82 Å². The van der Waals surface area contributed by atoms with Gasteiger partial charge in [-0.3, -0.25) is 4.98 Å². The molecule has 112 valence electrons. The van der Waals surface area contributed by atoms with E-state index in [0.717, 1.165) is 28.9 Å². The second-order valence-corrected chi connectivity index (χ2v) is 5.88. The van der Waals surface area contributed by atoms with Crippen LogP contribution in [0, 0.1) is 12.8 Å². The molecule has 0 atom stereocenters. The fraction of sp³-hybridized carbons (Fsp3) is 0.278. The lowest BCUT2D eigenvalue weighted by molar-refractivity contribution is 0.432. The van der Waals surface area contributed by atoms with Crippen molar-refractivity contribution >= 4 is 0 Å². The average molecular weight is 293 g/mol. The van der Waals surface area contributed by atoms with Gasteiger partial charge in [0.25, 0.3) is 5.89 Å². The molecule has 0 unspecified atom stereocenters. The number of benzene rings is 1. The standard InChI is InChI=1S/C18H19N3O/c1-12(2)9-16-11-15(10-13(3)19-16)18-20-17(21-22-18)14-7-5-4-6-8-14/h4-8,10-12H,9H2,1-3H3. The van der Waals surface area contributed by atoms with Gasteiger partial charge in [-0.25, -0.2) is 0 Å². The van der Waals surface area contributed by atoms with Crippen LogP contribution < -0.4 is 0 Å². The molecule has 0 aliphatic carbocycles. The van der Waals surface area contributed by atoms with Crippen molar-refractivity contribution in [2.45, 2.75) is 27.2 Å². The lowest BCUT2D eigenvalue weighted by atomic mass is 10.1. The summed E-state index contributed by atoms with van der Waals surface area (Å²) >= 11 is 0. The minimum atomic E-state index is 0.536. The molecule has 0 saturated carbocycles. The maximum absolute atomic E-state index is 5.43. The van der Waals surface area contributed by atoms with Gasteiger partial charge in [0, 0.05) is 22.5 Å². The van der Waals surface area contributed by atoms with Crippen molar-refractivity contribution in [1.82, 2.24) is 15.1 Å². The number of aryl methyl sites for hydroxylation is 1. The molecule has 0 N–H and O–H groups in total. The fourth-order valence-corrected chi connectivity index (χ4v) is 2.43. The molecule has 3 rings (SSSR count). The quantitative estimate of drug-likeness (QED) is 0.719. The van der Waals surface area contributed by atoms with Crippen LogP contribution in [0.25, 0.3) is 22.8 Å². The van der Waals surface area contributed by atoms with Crippen LogP contribution in [0.5, 0.6) is 0 Å². The van der Waals surface area contributed by atoms with E-state index in [0.29, 0.717) is 17.6 Å². The average Bonchev–Trinajstić information content (AvgIpc) is 2.96. The second kappa shape index (κ2) is 6.10. The third-order valence-electron chi connectivity index (χ3n) is 3.33. The Hall–Kier alpha value is -2.49. The lowest BCUT2D eigenvalue weighted by Crippen LogP contribution is -1.99. The highest BCUT2D eigenvalue weighted by atomic mass is 16.5. The topological polar surface area (TPSA) is 51.8 Å². The monoisotopic (exact) mass is 293 g/mol. The molecule has 22 heavy (non-hydrogen) atoms. The summed E-state index contributed by atoms with van der Waals surface area (Å²) in [5.41, 5.74) is 3.90. The Kier molecular flexibility index (Phi) is 4.00. The molecule has 0 radical (unpaired) electrons. The summed E-state index contributed by atoms with van der Waals surface area (Å²) in [6.45, 7) is 6.36. The Bertz CT molecular complexity index is 763. The second-order valence-electron chi connectivity index (χ2n) is 5.88. The van der Waals surface area contributed by atoms with Crippen LogP contribution in [-0.4, -0.2) is 15.1 Å². The van der Waals surface area contributed by atoms with Crippen LogP contribution in [0.3, 0.4) is 0 Å². The van der Waals surface area contributed by atoms with Gasteiger partial charge in [-0.2, -0.15) is 4.98 Å². The van der Waals surface area contributed by atoms with Gasteiger partial charge >= 0.3 is 0 Å². The zero-order chi connectivity index (χ0) is 15.5. The first-order valence-electron chi connectivity index (χ1n) is 7.49. The summed E-state index contributed by atoms with van der Waals surface area (Å²) in [6, 6.07) is 13.8. The predicted molar refractivity (Wildman–Crippen MR) is 86.2 cm³/mol. The Morgan fingerprint density at radius 1 is 1.00 bits per heavy atom. The van der Waals surface area contributed by atoms with E-state index in [2.05, 4.69) is 29.0 Å². The van der Waals surface area contributed by atoms with Crippen LogP contribution in [-0.2, 0) is 6.42 Å². The van der Waals surface area contributed by atoms with Crippen molar-refractivity contribution in [3.05, 3.63) is 53.9 Å². The van der Waals surface area contributed by atoms with E-state index in [4.69, 9.17) is 4.52 Å². The van der Waals surface area contributed by atoms with Gasteiger partial charge < -0.3 is 4.52 Å². The van der Waals surface area contributed by atoms with E-state index in [1.165, 1.54) is 0 Å². The molecule has 2 heterocycles. The molecule has 0 amide bonds. The summed E-state index contributed by atoms with van der Waals surface area (Å²) in [5.74, 6) is 1.70. The number of rotatable bonds is 4. The van der Waals surface area contributed by atoms with Crippen LogP contribution in [0.15, 0.2) is 47.0 Å². The largest absolute Gasteiger partial charge is 0.334 e. The molecule has 0 saturated heterocycles. The number of aromatic nitrogens is 3. The SMILES string of the molecule is Cc1cc(-c2nc(-c3ccccc3)no2)cc(CC(C)C)n1. The molecule has 3 aromatic rings. The third-order valence-corrected chi connectivity index (χ3v) is 3.33. The summed E-state index contributed by atoms with van der Waals surface area (Å²) in [6.07, 6.45) is 0.939. The van der Waals surface area contributed by atoms with E-state index in [9.17, 15) is 0 Å². The van der Waals surface area contributed by atoms with Gasteiger partial charge in [0.05, 0.1) is 0 Å². The lowest BCUT2D eigenvalue weighted by Gasteiger charge is -2.06. The van der Waals surface area contributed by atoms with Gasteiger partial charge in [-0.15, -0.1) is 0 Å². The highest BCUT2D eigenvalue weighted by Crippen LogP contribution is 2.23. The van der Waals surface area contributed by atoms with Crippen molar-refractivity contribution in [3.8, 4) is 22.8 Å². The van der Waals surface area contributed by atoms with E-state index in [-0.39, 0.29) is 0 Å². The van der Waals surface area contributed by atoms with Crippen LogP contribution in [0.2, 0.25) is 0 Å². The zero-order valence-corrected chi connectivity index (χ0v) is 13.1. The van der Waals surface area contributed by atoms with Crippen LogP contribution in [0.1, 0.15) is 25.2 Å². The first-order chi connectivity index (χ1) is 10.6. The molecule has 0 aliphatic heterocycles. The van der Waals surface area contributed by atoms with Crippen LogP contribution in [0.4, 0.5) is 0 Å². The van der Waals surface area contributed by atoms with Gasteiger partial charge in [0.15, 0.2) is 0 Å². The van der Waals surface area contributed by atoms with E-state index in [1.807, 2.05) is 49.4 Å². The predicted octanol–water partition coefficient (Wildman–Crippen LogP) is 4.31. The first kappa shape index (κ1) is 14.4. The van der Waals surface area contributed by atoms with Crippen molar-refractivity contribution in [2.75, 3.05) is 0 Å². The molecular formula is C18H19N3O. The molecule has 2 aromatic heterocycles. The molecular weight excluding hydrogens is 274 g/mol. The van der Waals surface area contributed by atoms with Crippen molar-refractivity contribution < 1.29 is 4.52 Å². The number of hydrogen-bond acceptors (Lipinski definition) is 4. The zero-order valence-electron chi connectivity index (χ0n) is 13.1. The van der Waals surface area contributed by atoms with Gasteiger partial charge in [-0.1, -0.05) is 49.3 Å². The van der Waals surface area contributed by atoms with E-state index < -0.39 is 0 Å². The van der Waals surface area contributed by atoms with Crippen molar-refractivity contribution in [2.24, 2.45) is 5.92 Å². The molecule has 0 spiro atoms. The number of pyridine rings is 1. The van der Waals surface area contributed by atoms with Gasteiger partial charge in [0.1, 0.15) is 0 Å². The van der Waals surface area contributed by atoms with Crippen LogP contribution >= 0.6 is 0 Å². The Labute approximate surface area is 130 Å². The molecule has 1 aromatic carbocycles. The maximum Gasteiger partial charge on any atom is 0.258 e. The maximum atomic E-state index is 5.43. The number of nitrogens with zero attached hydrogens (tertiary/aromatic N) is 3. The Morgan fingerprint density at radius 2 is 1.77 bits per heavy atom. The van der Waals surface area contributed by atoms with Crippen molar-refractivity contribution in [1.29, 1.82) is 0 Å². The minimum absolute atomic E-state index is 0.536. The summed E-state index contributed by atoms with van der Waals surface area (Å²) in [4.78, 5) is 9.08. The molecule has 4 heteroatoms. The first-order valence-corrected chi connectivity index (χ1v) is 7.49. The molecule has 0 aliphatic rings. The highest BCUT2D eigenvalue weighted by Gasteiger charge is 2.12. The minimum Gasteiger partial charge on any atom is -0.334 e. The third kappa shape index (κ3) is 3.22. The number of hydrogen-bond donors (Lipinski definition) is 0.